The lowest BCUT2D eigenvalue weighted by molar-refractivity contribution is 0.441. The molecule has 3 heteroatoms. The quantitative estimate of drug-likeness (QED) is 0.743. The van der Waals surface area contributed by atoms with Crippen LogP contribution < -0.4 is 5.32 Å². The molecule has 1 aromatic heterocycles. The molecule has 72 valence electrons. The highest BCUT2D eigenvalue weighted by molar-refractivity contribution is 5.07. The minimum Gasteiger partial charge on any atom is -0.335 e. The van der Waals surface area contributed by atoms with Crippen molar-refractivity contribution in [2.75, 3.05) is 13.1 Å². The van der Waals surface area contributed by atoms with Gasteiger partial charge in [0.25, 0.3) is 0 Å². The monoisotopic (exact) mass is 179 g/mol. The molecule has 1 aliphatic rings. The summed E-state index contributed by atoms with van der Waals surface area (Å²) in [5, 5.41) is 3.38. The maximum atomic E-state index is 4.21. The summed E-state index contributed by atoms with van der Waals surface area (Å²) in [5.74, 6) is 0.726. The molecule has 0 unspecified atom stereocenters. The minimum absolute atomic E-state index is 0.726. The van der Waals surface area contributed by atoms with Crippen LogP contribution >= 0.6 is 0 Å². The number of nitrogens with zero attached hydrogens (tertiary/aromatic N) is 2. The summed E-state index contributed by atoms with van der Waals surface area (Å²) in [4.78, 5) is 4.21. The molecule has 2 heterocycles. The summed E-state index contributed by atoms with van der Waals surface area (Å²) in [5.41, 5.74) is 1.42. The van der Waals surface area contributed by atoms with Gasteiger partial charge in [-0.2, -0.15) is 0 Å². The van der Waals surface area contributed by atoms with Crippen LogP contribution in [0.5, 0.6) is 0 Å². The standard InChI is InChI=1S/C10H17N3/c1-2-13-8-12-7-10(13)9-3-5-11-6-4-9/h7-9,11H,2-6H2,1H3. The Hall–Kier alpha value is -0.830. The fraction of sp³-hybridized carbons (Fsp3) is 0.700. The summed E-state index contributed by atoms with van der Waals surface area (Å²) in [6.45, 7) is 5.52. The first-order chi connectivity index (χ1) is 6.42. The Morgan fingerprint density at radius 2 is 2.31 bits per heavy atom. The Kier molecular flexibility index (Phi) is 2.64. The van der Waals surface area contributed by atoms with Crippen LogP contribution in [0.15, 0.2) is 12.5 Å². The van der Waals surface area contributed by atoms with Crippen LogP contribution in [-0.2, 0) is 6.54 Å². The van der Waals surface area contributed by atoms with Gasteiger partial charge in [0.05, 0.1) is 6.33 Å². The maximum absolute atomic E-state index is 4.21. The Morgan fingerprint density at radius 3 is 3.00 bits per heavy atom. The van der Waals surface area contributed by atoms with Crippen LogP contribution in [0.1, 0.15) is 31.4 Å². The lowest BCUT2D eigenvalue weighted by Crippen LogP contribution is -2.27. The van der Waals surface area contributed by atoms with E-state index in [-0.39, 0.29) is 0 Å². The summed E-state index contributed by atoms with van der Waals surface area (Å²) in [7, 11) is 0. The molecule has 0 bridgehead atoms. The molecule has 0 amide bonds. The van der Waals surface area contributed by atoms with E-state index in [0.717, 1.165) is 25.6 Å². The lowest BCUT2D eigenvalue weighted by Gasteiger charge is -2.23. The molecular formula is C10H17N3. The Bertz CT molecular complexity index is 261. The summed E-state index contributed by atoms with van der Waals surface area (Å²) in [6, 6.07) is 0. The van der Waals surface area contributed by atoms with Crippen molar-refractivity contribution >= 4 is 0 Å². The van der Waals surface area contributed by atoms with Gasteiger partial charge in [-0.25, -0.2) is 4.98 Å². The number of nitrogens with one attached hydrogen (secondary N) is 1. The second kappa shape index (κ2) is 3.92. The molecular weight excluding hydrogens is 162 g/mol. The average Bonchev–Trinajstić information content (AvgIpc) is 2.67. The van der Waals surface area contributed by atoms with Crippen LogP contribution in [0.4, 0.5) is 0 Å². The van der Waals surface area contributed by atoms with E-state index in [2.05, 4.69) is 21.8 Å². The second-order valence-corrected chi connectivity index (χ2v) is 3.63. The van der Waals surface area contributed by atoms with Gasteiger partial charge in [0.15, 0.2) is 0 Å². The van der Waals surface area contributed by atoms with Crippen LogP contribution in [0.3, 0.4) is 0 Å². The molecule has 0 atom stereocenters. The van der Waals surface area contributed by atoms with E-state index in [0.29, 0.717) is 0 Å². The number of aryl methyl sites for hydroxylation is 1. The zero-order valence-corrected chi connectivity index (χ0v) is 8.16. The maximum Gasteiger partial charge on any atom is 0.0948 e. The van der Waals surface area contributed by atoms with Crippen molar-refractivity contribution in [3.63, 3.8) is 0 Å². The van der Waals surface area contributed by atoms with Crippen molar-refractivity contribution in [1.82, 2.24) is 14.9 Å². The smallest absolute Gasteiger partial charge is 0.0948 e. The molecule has 1 saturated heterocycles. The van der Waals surface area contributed by atoms with E-state index in [4.69, 9.17) is 0 Å². The van der Waals surface area contributed by atoms with Crippen molar-refractivity contribution in [3.05, 3.63) is 18.2 Å². The third-order valence-corrected chi connectivity index (χ3v) is 2.84. The van der Waals surface area contributed by atoms with Crippen molar-refractivity contribution in [2.24, 2.45) is 0 Å². The lowest BCUT2D eigenvalue weighted by atomic mass is 9.95. The largest absolute Gasteiger partial charge is 0.335 e. The fourth-order valence-electron chi connectivity index (χ4n) is 2.05. The highest BCUT2D eigenvalue weighted by Crippen LogP contribution is 2.24. The third-order valence-electron chi connectivity index (χ3n) is 2.84. The molecule has 1 aliphatic heterocycles. The van der Waals surface area contributed by atoms with Gasteiger partial charge in [0.2, 0.25) is 0 Å². The van der Waals surface area contributed by atoms with Crippen molar-refractivity contribution in [3.8, 4) is 0 Å². The van der Waals surface area contributed by atoms with Gasteiger partial charge in [-0.05, 0) is 32.9 Å². The fourth-order valence-corrected chi connectivity index (χ4v) is 2.05. The van der Waals surface area contributed by atoms with Crippen LogP contribution in [-0.4, -0.2) is 22.6 Å². The van der Waals surface area contributed by atoms with E-state index in [9.17, 15) is 0 Å². The van der Waals surface area contributed by atoms with Gasteiger partial charge in [0.1, 0.15) is 0 Å². The van der Waals surface area contributed by atoms with E-state index >= 15 is 0 Å². The molecule has 1 N–H and O–H groups in total. The van der Waals surface area contributed by atoms with Crippen LogP contribution in [0.25, 0.3) is 0 Å². The van der Waals surface area contributed by atoms with Gasteiger partial charge >= 0.3 is 0 Å². The zero-order valence-electron chi connectivity index (χ0n) is 8.16. The Balaban J connectivity index is 2.13. The Labute approximate surface area is 79.2 Å². The highest BCUT2D eigenvalue weighted by atomic mass is 15.0. The first-order valence-electron chi connectivity index (χ1n) is 5.12. The van der Waals surface area contributed by atoms with E-state index < -0.39 is 0 Å². The molecule has 1 fully saturated rings. The topological polar surface area (TPSA) is 29.9 Å². The van der Waals surface area contributed by atoms with Gasteiger partial charge in [-0.15, -0.1) is 0 Å². The molecule has 2 rings (SSSR count). The normalized spacial score (nSPS) is 19.2. The van der Waals surface area contributed by atoms with E-state index in [1.807, 2.05) is 12.5 Å². The number of rotatable bonds is 2. The Morgan fingerprint density at radius 1 is 1.54 bits per heavy atom. The van der Waals surface area contributed by atoms with Crippen LogP contribution in [0, 0.1) is 0 Å². The molecule has 0 spiro atoms. The van der Waals surface area contributed by atoms with Gasteiger partial charge < -0.3 is 9.88 Å². The van der Waals surface area contributed by atoms with Crippen molar-refractivity contribution in [2.45, 2.75) is 32.2 Å². The van der Waals surface area contributed by atoms with Gasteiger partial charge in [0, 0.05) is 24.4 Å². The van der Waals surface area contributed by atoms with Crippen molar-refractivity contribution in [1.29, 1.82) is 0 Å². The van der Waals surface area contributed by atoms with Gasteiger partial charge in [-0.1, -0.05) is 0 Å². The summed E-state index contributed by atoms with van der Waals surface area (Å²) in [6.07, 6.45) is 6.48. The first kappa shape index (κ1) is 8.75. The number of aromatic nitrogens is 2. The molecule has 1 aromatic rings. The summed E-state index contributed by atoms with van der Waals surface area (Å²) >= 11 is 0. The predicted molar refractivity (Wildman–Crippen MR) is 52.7 cm³/mol. The van der Waals surface area contributed by atoms with Crippen LogP contribution in [0.2, 0.25) is 0 Å². The molecule has 0 saturated carbocycles. The van der Waals surface area contributed by atoms with Crippen molar-refractivity contribution < 1.29 is 0 Å². The molecule has 3 nitrogen and oxygen atoms in total. The second-order valence-electron chi connectivity index (χ2n) is 3.63. The molecule has 0 aromatic carbocycles. The predicted octanol–water partition coefficient (Wildman–Crippen LogP) is 1.37. The third kappa shape index (κ3) is 1.75. The number of hydrogen-bond acceptors (Lipinski definition) is 2. The zero-order chi connectivity index (χ0) is 9.10. The number of imidazole rings is 1. The van der Waals surface area contributed by atoms with E-state index in [1.165, 1.54) is 18.5 Å². The first-order valence-corrected chi connectivity index (χ1v) is 5.12. The number of hydrogen-bond donors (Lipinski definition) is 1. The molecule has 0 radical (unpaired) electrons. The molecule has 13 heavy (non-hydrogen) atoms. The van der Waals surface area contributed by atoms with E-state index in [1.54, 1.807) is 0 Å². The minimum atomic E-state index is 0.726. The summed E-state index contributed by atoms with van der Waals surface area (Å²) < 4.78 is 2.26. The molecule has 0 aliphatic carbocycles. The highest BCUT2D eigenvalue weighted by Gasteiger charge is 2.17. The van der Waals surface area contributed by atoms with Gasteiger partial charge in [-0.3, -0.25) is 0 Å². The average molecular weight is 179 g/mol. The SMILES string of the molecule is CCn1cncc1C1CCNCC1. The number of piperidine rings is 1.